The molecule has 0 unspecified atom stereocenters. The summed E-state index contributed by atoms with van der Waals surface area (Å²) in [6.07, 6.45) is 3.71. The molecule has 1 aromatic carbocycles. The highest BCUT2D eigenvalue weighted by Gasteiger charge is 2.39. The first kappa shape index (κ1) is 15.3. The van der Waals surface area contributed by atoms with Gasteiger partial charge >= 0.3 is 0 Å². The molecule has 1 amide bonds. The molecule has 0 saturated carbocycles. The van der Waals surface area contributed by atoms with Gasteiger partial charge in [0.25, 0.3) is 0 Å². The van der Waals surface area contributed by atoms with Gasteiger partial charge in [0.15, 0.2) is 0 Å². The number of benzene rings is 1. The molecule has 0 atom stereocenters. The molecule has 5 heteroatoms. The molecule has 0 radical (unpaired) electrons. The zero-order valence-electron chi connectivity index (χ0n) is 13.2. The third-order valence-corrected chi connectivity index (χ3v) is 4.92. The van der Waals surface area contributed by atoms with Crippen LogP contribution < -0.4 is 15.4 Å². The zero-order valence-corrected chi connectivity index (χ0v) is 13.2. The lowest BCUT2D eigenvalue weighted by atomic mass is 9.78. The van der Waals surface area contributed by atoms with Crippen LogP contribution in [0, 0.1) is 5.41 Å². The third kappa shape index (κ3) is 3.59. The first-order valence-electron chi connectivity index (χ1n) is 8.06. The van der Waals surface area contributed by atoms with Crippen molar-refractivity contribution in [1.82, 2.24) is 10.2 Å². The molecule has 2 N–H and O–H groups in total. The number of piperidine rings is 1. The fraction of sp³-hybridized carbons (Fsp3) is 0.588. The van der Waals surface area contributed by atoms with Crippen LogP contribution >= 0.6 is 0 Å². The highest BCUT2D eigenvalue weighted by Crippen LogP contribution is 2.38. The van der Waals surface area contributed by atoms with Crippen LogP contribution in [0.15, 0.2) is 24.3 Å². The van der Waals surface area contributed by atoms with Crippen LogP contribution in [0.1, 0.15) is 19.3 Å². The van der Waals surface area contributed by atoms with Crippen LogP contribution in [0.2, 0.25) is 0 Å². The Morgan fingerprint density at radius 1 is 1.27 bits per heavy atom. The van der Waals surface area contributed by atoms with Gasteiger partial charge in [0.05, 0.1) is 13.7 Å². The molecule has 2 heterocycles. The van der Waals surface area contributed by atoms with Crippen LogP contribution in [0.4, 0.5) is 5.69 Å². The Balaban J connectivity index is 1.49. The van der Waals surface area contributed by atoms with Gasteiger partial charge in [-0.2, -0.15) is 0 Å². The molecule has 3 rings (SSSR count). The minimum atomic E-state index is 0.0659. The standard InChI is InChI=1S/C17H25N3O2/c1-22-15-4-2-14(3-5-15)19-16(21)12-20-11-8-17(13-20)6-9-18-10-7-17/h2-5,18H,6-13H2,1H3,(H,19,21). The largest absolute Gasteiger partial charge is 0.497 e. The van der Waals surface area contributed by atoms with E-state index in [9.17, 15) is 4.79 Å². The molecular weight excluding hydrogens is 278 g/mol. The quantitative estimate of drug-likeness (QED) is 0.889. The summed E-state index contributed by atoms with van der Waals surface area (Å²) in [5, 5.41) is 6.39. The van der Waals surface area contributed by atoms with E-state index in [1.54, 1.807) is 7.11 Å². The second-order valence-corrected chi connectivity index (χ2v) is 6.49. The summed E-state index contributed by atoms with van der Waals surface area (Å²) in [6, 6.07) is 7.45. The van der Waals surface area contributed by atoms with E-state index < -0.39 is 0 Å². The Bertz CT molecular complexity index is 509. The molecule has 120 valence electrons. The SMILES string of the molecule is COc1ccc(NC(=O)CN2CCC3(CCNCC3)C2)cc1. The number of nitrogens with zero attached hydrogens (tertiary/aromatic N) is 1. The molecule has 1 spiro atoms. The van der Waals surface area contributed by atoms with E-state index in [-0.39, 0.29) is 5.91 Å². The van der Waals surface area contributed by atoms with Gasteiger partial charge in [-0.1, -0.05) is 0 Å². The van der Waals surface area contributed by atoms with Gasteiger partial charge in [0.2, 0.25) is 5.91 Å². The van der Waals surface area contributed by atoms with E-state index in [0.29, 0.717) is 12.0 Å². The van der Waals surface area contributed by atoms with Crippen molar-refractivity contribution in [2.24, 2.45) is 5.41 Å². The summed E-state index contributed by atoms with van der Waals surface area (Å²) in [7, 11) is 1.64. The summed E-state index contributed by atoms with van der Waals surface area (Å²) < 4.78 is 5.12. The Labute approximate surface area is 132 Å². The van der Waals surface area contributed by atoms with Crippen molar-refractivity contribution in [2.75, 3.05) is 45.2 Å². The number of ether oxygens (including phenoxy) is 1. The number of nitrogens with one attached hydrogen (secondary N) is 2. The lowest BCUT2D eigenvalue weighted by Gasteiger charge is -2.33. The van der Waals surface area contributed by atoms with Gasteiger partial charge < -0.3 is 15.4 Å². The second-order valence-electron chi connectivity index (χ2n) is 6.49. The van der Waals surface area contributed by atoms with Gasteiger partial charge in [-0.15, -0.1) is 0 Å². The predicted molar refractivity (Wildman–Crippen MR) is 87.2 cm³/mol. The van der Waals surface area contributed by atoms with Crippen molar-refractivity contribution in [3.05, 3.63) is 24.3 Å². The first-order valence-corrected chi connectivity index (χ1v) is 8.06. The average molecular weight is 303 g/mol. The summed E-state index contributed by atoms with van der Waals surface area (Å²) in [4.78, 5) is 14.5. The topological polar surface area (TPSA) is 53.6 Å². The second kappa shape index (κ2) is 6.67. The Morgan fingerprint density at radius 3 is 2.68 bits per heavy atom. The number of carbonyl (C=O) groups excluding carboxylic acids is 1. The number of likely N-dealkylation sites (tertiary alicyclic amines) is 1. The third-order valence-electron chi connectivity index (χ3n) is 4.92. The van der Waals surface area contributed by atoms with Crippen LogP contribution in [0.3, 0.4) is 0 Å². The fourth-order valence-electron chi connectivity index (χ4n) is 3.61. The number of carbonyl (C=O) groups is 1. The van der Waals surface area contributed by atoms with Gasteiger partial charge in [0, 0.05) is 12.2 Å². The lowest BCUT2D eigenvalue weighted by Crippen LogP contribution is -2.40. The summed E-state index contributed by atoms with van der Waals surface area (Å²) in [5.41, 5.74) is 1.27. The van der Waals surface area contributed by atoms with Crippen LogP contribution in [-0.2, 0) is 4.79 Å². The smallest absolute Gasteiger partial charge is 0.238 e. The minimum absolute atomic E-state index is 0.0659. The van der Waals surface area contributed by atoms with E-state index in [1.807, 2.05) is 24.3 Å². The van der Waals surface area contributed by atoms with Crippen LogP contribution in [0.25, 0.3) is 0 Å². The average Bonchev–Trinajstić information content (AvgIpc) is 2.90. The summed E-state index contributed by atoms with van der Waals surface area (Å²) in [6.45, 7) is 4.82. The predicted octanol–water partition coefficient (Wildman–Crippen LogP) is 1.71. The molecule has 0 aliphatic carbocycles. The number of hydrogen-bond donors (Lipinski definition) is 2. The van der Waals surface area contributed by atoms with Crippen molar-refractivity contribution in [3.63, 3.8) is 0 Å². The molecule has 22 heavy (non-hydrogen) atoms. The number of amides is 1. The summed E-state index contributed by atoms with van der Waals surface area (Å²) >= 11 is 0. The van der Waals surface area contributed by atoms with E-state index >= 15 is 0 Å². The van der Waals surface area contributed by atoms with E-state index in [0.717, 1.165) is 37.6 Å². The molecule has 2 fully saturated rings. The van der Waals surface area contributed by atoms with Gasteiger partial charge in [-0.3, -0.25) is 9.69 Å². The highest BCUT2D eigenvalue weighted by molar-refractivity contribution is 5.92. The lowest BCUT2D eigenvalue weighted by molar-refractivity contribution is -0.117. The van der Waals surface area contributed by atoms with Crippen molar-refractivity contribution in [2.45, 2.75) is 19.3 Å². The van der Waals surface area contributed by atoms with Gasteiger partial charge in [-0.25, -0.2) is 0 Å². The van der Waals surface area contributed by atoms with Gasteiger partial charge in [-0.05, 0) is 68.6 Å². The molecule has 2 aliphatic heterocycles. The van der Waals surface area contributed by atoms with Crippen molar-refractivity contribution in [1.29, 1.82) is 0 Å². The molecule has 5 nitrogen and oxygen atoms in total. The van der Waals surface area contributed by atoms with E-state index in [4.69, 9.17) is 4.74 Å². The number of methoxy groups -OCH3 is 1. The molecule has 1 aromatic rings. The van der Waals surface area contributed by atoms with Crippen molar-refractivity contribution >= 4 is 11.6 Å². The Hall–Kier alpha value is -1.59. The fourth-order valence-corrected chi connectivity index (χ4v) is 3.61. The molecular formula is C17H25N3O2. The van der Waals surface area contributed by atoms with Crippen molar-refractivity contribution < 1.29 is 9.53 Å². The number of anilines is 1. The summed E-state index contributed by atoms with van der Waals surface area (Å²) in [5.74, 6) is 0.863. The number of hydrogen-bond acceptors (Lipinski definition) is 4. The van der Waals surface area contributed by atoms with Crippen LogP contribution in [-0.4, -0.2) is 50.6 Å². The van der Waals surface area contributed by atoms with Crippen molar-refractivity contribution in [3.8, 4) is 5.75 Å². The molecule has 2 aliphatic rings. The number of rotatable bonds is 4. The maximum atomic E-state index is 12.2. The molecule has 2 saturated heterocycles. The van der Waals surface area contributed by atoms with Crippen LogP contribution in [0.5, 0.6) is 5.75 Å². The Morgan fingerprint density at radius 2 is 2.00 bits per heavy atom. The molecule has 0 aromatic heterocycles. The highest BCUT2D eigenvalue weighted by atomic mass is 16.5. The Kier molecular flexibility index (Phi) is 4.64. The molecule has 0 bridgehead atoms. The zero-order chi connectivity index (χ0) is 15.4. The maximum Gasteiger partial charge on any atom is 0.238 e. The monoisotopic (exact) mass is 303 g/mol. The normalized spacial score (nSPS) is 21.0. The van der Waals surface area contributed by atoms with E-state index in [1.165, 1.54) is 19.3 Å². The van der Waals surface area contributed by atoms with Gasteiger partial charge in [0.1, 0.15) is 5.75 Å². The first-order chi connectivity index (χ1) is 10.7. The van der Waals surface area contributed by atoms with E-state index in [2.05, 4.69) is 15.5 Å². The minimum Gasteiger partial charge on any atom is -0.497 e. The maximum absolute atomic E-state index is 12.2.